The van der Waals surface area contributed by atoms with Gasteiger partial charge in [0.05, 0.1) is 0 Å². The van der Waals surface area contributed by atoms with E-state index in [0.29, 0.717) is 11.7 Å². The average molecular weight is 262 g/mol. The topological polar surface area (TPSA) is 54.7 Å². The molecule has 0 aliphatic heterocycles. The SMILES string of the molecule is CC(c1[nH]nc(N)c1-c1cccc(Cl)c1)C1CC1. The van der Waals surface area contributed by atoms with Crippen LogP contribution in [0.2, 0.25) is 5.02 Å². The van der Waals surface area contributed by atoms with Gasteiger partial charge in [-0.25, -0.2) is 0 Å². The Bertz CT molecular complexity index is 572. The van der Waals surface area contributed by atoms with Crippen LogP contribution >= 0.6 is 11.6 Å². The summed E-state index contributed by atoms with van der Waals surface area (Å²) in [5.74, 6) is 1.80. The molecule has 18 heavy (non-hydrogen) atoms. The first-order valence-corrected chi connectivity index (χ1v) is 6.64. The fourth-order valence-electron chi connectivity index (χ4n) is 2.48. The number of benzene rings is 1. The molecule has 1 aromatic carbocycles. The number of hydrogen-bond acceptors (Lipinski definition) is 2. The van der Waals surface area contributed by atoms with Gasteiger partial charge >= 0.3 is 0 Å². The first-order chi connectivity index (χ1) is 8.66. The number of anilines is 1. The van der Waals surface area contributed by atoms with Crippen LogP contribution in [0.5, 0.6) is 0 Å². The molecule has 0 saturated heterocycles. The van der Waals surface area contributed by atoms with Crippen LogP contribution in [0.3, 0.4) is 0 Å². The molecule has 1 aromatic heterocycles. The van der Waals surface area contributed by atoms with Crippen molar-refractivity contribution >= 4 is 17.4 Å². The molecular weight excluding hydrogens is 246 g/mol. The molecule has 0 radical (unpaired) electrons. The van der Waals surface area contributed by atoms with Gasteiger partial charge in [-0.3, -0.25) is 5.10 Å². The quantitative estimate of drug-likeness (QED) is 0.882. The summed E-state index contributed by atoms with van der Waals surface area (Å²) in [4.78, 5) is 0. The van der Waals surface area contributed by atoms with Crippen LogP contribution in [0, 0.1) is 5.92 Å². The Balaban J connectivity index is 2.07. The number of nitrogens with one attached hydrogen (secondary N) is 1. The summed E-state index contributed by atoms with van der Waals surface area (Å²) >= 11 is 6.05. The summed E-state index contributed by atoms with van der Waals surface area (Å²) < 4.78 is 0. The van der Waals surface area contributed by atoms with Crippen LogP contribution in [0.15, 0.2) is 24.3 Å². The number of halogens is 1. The van der Waals surface area contributed by atoms with E-state index < -0.39 is 0 Å². The largest absolute Gasteiger partial charge is 0.382 e. The molecule has 94 valence electrons. The predicted molar refractivity (Wildman–Crippen MR) is 74.6 cm³/mol. The maximum absolute atomic E-state index is 6.05. The Morgan fingerprint density at radius 1 is 1.44 bits per heavy atom. The lowest BCUT2D eigenvalue weighted by atomic mass is 9.95. The van der Waals surface area contributed by atoms with Crippen molar-refractivity contribution in [3.63, 3.8) is 0 Å². The smallest absolute Gasteiger partial charge is 0.153 e. The second-order valence-corrected chi connectivity index (χ2v) is 5.47. The molecule has 0 amide bonds. The normalized spacial score (nSPS) is 16.8. The Kier molecular flexibility index (Phi) is 2.78. The van der Waals surface area contributed by atoms with Crippen molar-refractivity contribution in [3.05, 3.63) is 35.0 Å². The molecule has 1 aliphatic carbocycles. The fourth-order valence-corrected chi connectivity index (χ4v) is 2.67. The standard InChI is InChI=1S/C14H16ClN3/c1-8(9-5-6-9)13-12(14(16)18-17-13)10-3-2-4-11(15)7-10/h2-4,7-9H,5-6H2,1H3,(H3,16,17,18). The van der Waals surface area contributed by atoms with Crippen molar-refractivity contribution in [2.45, 2.75) is 25.7 Å². The molecular formula is C14H16ClN3. The van der Waals surface area contributed by atoms with Crippen molar-refractivity contribution in [2.24, 2.45) is 5.92 Å². The molecule has 1 fully saturated rings. The third-order valence-electron chi connectivity index (χ3n) is 3.72. The highest BCUT2D eigenvalue weighted by Gasteiger charge is 2.32. The summed E-state index contributed by atoms with van der Waals surface area (Å²) in [6.07, 6.45) is 2.60. The third-order valence-corrected chi connectivity index (χ3v) is 3.96. The first kappa shape index (κ1) is 11.6. The molecule has 4 heteroatoms. The van der Waals surface area contributed by atoms with Crippen LogP contribution < -0.4 is 5.73 Å². The van der Waals surface area contributed by atoms with E-state index >= 15 is 0 Å². The van der Waals surface area contributed by atoms with Gasteiger partial charge in [-0.15, -0.1) is 0 Å². The number of rotatable bonds is 3. The zero-order chi connectivity index (χ0) is 12.7. The Labute approximate surface area is 111 Å². The predicted octanol–water partition coefficient (Wildman–Crippen LogP) is 3.83. The number of aromatic amines is 1. The third kappa shape index (κ3) is 1.99. The van der Waals surface area contributed by atoms with Crippen LogP contribution in [0.4, 0.5) is 5.82 Å². The van der Waals surface area contributed by atoms with E-state index in [1.54, 1.807) is 0 Å². The van der Waals surface area contributed by atoms with Crippen molar-refractivity contribution in [2.75, 3.05) is 5.73 Å². The minimum absolute atomic E-state index is 0.476. The van der Waals surface area contributed by atoms with Crippen molar-refractivity contribution in [3.8, 4) is 11.1 Å². The molecule has 1 atom stereocenters. The Morgan fingerprint density at radius 3 is 2.89 bits per heavy atom. The maximum Gasteiger partial charge on any atom is 0.153 e. The number of aromatic nitrogens is 2. The van der Waals surface area contributed by atoms with E-state index in [9.17, 15) is 0 Å². The van der Waals surface area contributed by atoms with E-state index in [4.69, 9.17) is 17.3 Å². The number of hydrogen-bond donors (Lipinski definition) is 2. The first-order valence-electron chi connectivity index (χ1n) is 6.26. The van der Waals surface area contributed by atoms with E-state index in [0.717, 1.165) is 27.8 Å². The van der Waals surface area contributed by atoms with Crippen LogP contribution in [0.25, 0.3) is 11.1 Å². The molecule has 3 N–H and O–H groups in total. The maximum atomic E-state index is 6.05. The highest BCUT2D eigenvalue weighted by atomic mass is 35.5. The monoisotopic (exact) mass is 261 g/mol. The van der Waals surface area contributed by atoms with Gasteiger partial charge in [-0.2, -0.15) is 5.10 Å². The van der Waals surface area contributed by atoms with Gasteiger partial charge in [0.15, 0.2) is 5.82 Å². The molecule has 1 saturated carbocycles. The molecule has 0 bridgehead atoms. The van der Waals surface area contributed by atoms with Gasteiger partial charge in [-0.05, 0) is 36.5 Å². The van der Waals surface area contributed by atoms with Crippen LogP contribution in [-0.4, -0.2) is 10.2 Å². The second-order valence-electron chi connectivity index (χ2n) is 5.03. The Hall–Kier alpha value is -1.48. The zero-order valence-electron chi connectivity index (χ0n) is 10.3. The second kappa shape index (κ2) is 4.32. The van der Waals surface area contributed by atoms with E-state index in [1.807, 2.05) is 24.3 Å². The van der Waals surface area contributed by atoms with Gasteiger partial charge in [0.1, 0.15) is 0 Å². The van der Waals surface area contributed by atoms with Gasteiger partial charge in [0.25, 0.3) is 0 Å². The highest BCUT2D eigenvalue weighted by Crippen LogP contribution is 2.45. The van der Waals surface area contributed by atoms with Crippen LogP contribution in [0.1, 0.15) is 31.4 Å². The lowest BCUT2D eigenvalue weighted by molar-refractivity contribution is 0.642. The van der Waals surface area contributed by atoms with Gasteiger partial charge in [-0.1, -0.05) is 30.7 Å². The fraction of sp³-hybridized carbons (Fsp3) is 0.357. The van der Waals surface area contributed by atoms with Crippen molar-refractivity contribution in [1.29, 1.82) is 0 Å². The van der Waals surface area contributed by atoms with Gasteiger partial charge in [0.2, 0.25) is 0 Å². The molecule has 3 nitrogen and oxygen atoms in total. The van der Waals surface area contributed by atoms with Crippen molar-refractivity contribution in [1.82, 2.24) is 10.2 Å². The van der Waals surface area contributed by atoms with E-state index in [2.05, 4.69) is 17.1 Å². The van der Waals surface area contributed by atoms with Crippen LogP contribution in [-0.2, 0) is 0 Å². The summed E-state index contributed by atoms with van der Waals surface area (Å²) in [7, 11) is 0. The number of nitrogens with two attached hydrogens (primary N) is 1. The zero-order valence-corrected chi connectivity index (χ0v) is 11.0. The number of nitrogens with zero attached hydrogens (tertiary/aromatic N) is 1. The molecule has 1 aliphatic rings. The molecule has 1 heterocycles. The minimum atomic E-state index is 0.476. The van der Waals surface area contributed by atoms with E-state index in [-0.39, 0.29) is 0 Å². The average Bonchev–Trinajstić information content (AvgIpc) is 3.12. The number of nitrogen functional groups attached to an aromatic ring is 1. The summed E-state index contributed by atoms with van der Waals surface area (Å²) in [6, 6.07) is 7.77. The van der Waals surface area contributed by atoms with Crippen molar-refractivity contribution < 1.29 is 0 Å². The summed E-state index contributed by atoms with van der Waals surface area (Å²) in [6.45, 7) is 2.23. The Morgan fingerprint density at radius 2 is 2.22 bits per heavy atom. The summed E-state index contributed by atoms with van der Waals surface area (Å²) in [5.41, 5.74) is 9.18. The highest BCUT2D eigenvalue weighted by molar-refractivity contribution is 6.30. The minimum Gasteiger partial charge on any atom is -0.382 e. The molecule has 0 spiro atoms. The molecule has 3 rings (SSSR count). The van der Waals surface area contributed by atoms with Gasteiger partial charge < -0.3 is 5.73 Å². The van der Waals surface area contributed by atoms with E-state index in [1.165, 1.54) is 12.8 Å². The lowest BCUT2D eigenvalue weighted by Gasteiger charge is -2.11. The summed E-state index contributed by atoms with van der Waals surface area (Å²) in [5, 5.41) is 7.98. The lowest BCUT2D eigenvalue weighted by Crippen LogP contribution is -1.99. The van der Waals surface area contributed by atoms with Gasteiger partial charge in [0, 0.05) is 22.2 Å². The molecule has 2 aromatic rings. The molecule has 1 unspecified atom stereocenters. The number of H-pyrrole nitrogens is 1.